The first kappa shape index (κ1) is 19.2. The van der Waals surface area contributed by atoms with E-state index in [1.165, 1.54) is 0 Å². The van der Waals surface area contributed by atoms with E-state index in [0.29, 0.717) is 37.0 Å². The molecule has 0 radical (unpaired) electrons. The molecule has 0 unspecified atom stereocenters. The average molecular weight is 348 g/mol. The minimum Gasteiger partial charge on any atom is -0.435 e. The number of carbonyl (C=O) groups excluding carboxylic acids is 1. The Kier molecular flexibility index (Phi) is 6.00. The summed E-state index contributed by atoms with van der Waals surface area (Å²) in [4.78, 5) is 19.2. The molecule has 0 N–H and O–H groups in total. The smallest absolute Gasteiger partial charge is 0.291 e. The van der Waals surface area contributed by atoms with Crippen LogP contribution < -0.4 is 0 Å². The molecule has 2 heterocycles. The van der Waals surface area contributed by atoms with Gasteiger partial charge in [0.05, 0.1) is 18.0 Å². The highest BCUT2D eigenvalue weighted by Crippen LogP contribution is 2.21. The van der Waals surface area contributed by atoms with Gasteiger partial charge >= 0.3 is 0 Å². The van der Waals surface area contributed by atoms with Crippen LogP contribution in [0.1, 0.15) is 58.9 Å². The minimum absolute atomic E-state index is 0.135. The Labute approximate surface area is 149 Å². The fourth-order valence-corrected chi connectivity index (χ4v) is 2.70. The molecule has 0 saturated heterocycles. The zero-order valence-corrected chi connectivity index (χ0v) is 16.2. The van der Waals surface area contributed by atoms with Gasteiger partial charge in [-0.05, 0) is 20.8 Å². The van der Waals surface area contributed by atoms with Crippen molar-refractivity contribution in [3.63, 3.8) is 0 Å². The molecule has 2 rings (SSSR count). The molecule has 0 aromatic carbocycles. The summed E-state index contributed by atoms with van der Waals surface area (Å²) in [5, 5.41) is 4.43. The highest BCUT2D eigenvalue weighted by Gasteiger charge is 2.25. The van der Waals surface area contributed by atoms with Gasteiger partial charge in [-0.25, -0.2) is 4.98 Å². The molecule has 0 fully saturated rings. The van der Waals surface area contributed by atoms with Gasteiger partial charge in [0.15, 0.2) is 5.89 Å². The summed E-state index contributed by atoms with van der Waals surface area (Å²) in [6.45, 7) is 11.1. The van der Waals surface area contributed by atoms with Gasteiger partial charge in [-0.2, -0.15) is 5.10 Å². The quantitative estimate of drug-likeness (QED) is 0.769. The number of nitrogens with zero attached hydrogens (tertiary/aromatic N) is 4. The van der Waals surface area contributed by atoms with Crippen LogP contribution in [0, 0.1) is 20.8 Å². The monoisotopic (exact) mass is 348 g/mol. The molecule has 1 amide bonds. The van der Waals surface area contributed by atoms with Crippen molar-refractivity contribution in [3.05, 3.63) is 34.3 Å². The van der Waals surface area contributed by atoms with Crippen LogP contribution in [-0.2, 0) is 18.3 Å². The summed E-state index contributed by atoms with van der Waals surface area (Å²) in [5.74, 6) is 0.854. The maximum absolute atomic E-state index is 13.1. The topological polar surface area (TPSA) is 73.4 Å². The van der Waals surface area contributed by atoms with Crippen molar-refractivity contribution in [1.29, 1.82) is 0 Å². The van der Waals surface area contributed by atoms with E-state index in [1.807, 2.05) is 39.4 Å². The number of oxazole rings is 1. The van der Waals surface area contributed by atoms with E-state index in [1.54, 1.807) is 18.9 Å². The largest absolute Gasteiger partial charge is 0.435 e. The standard InChI is InChI=1S/C18H28N4O3/c1-11(2)17-19-13(4)16(25-17)18(23)22(8-9-24-7)10-15-12(3)20-21(6)14(15)5/h11H,8-10H2,1-7H3. The third-order valence-corrected chi connectivity index (χ3v) is 4.36. The molecular formula is C18H28N4O3. The van der Waals surface area contributed by atoms with Crippen molar-refractivity contribution >= 4 is 5.91 Å². The normalized spacial score (nSPS) is 11.4. The van der Waals surface area contributed by atoms with Gasteiger partial charge in [0.25, 0.3) is 5.91 Å². The van der Waals surface area contributed by atoms with Crippen LogP contribution in [0.2, 0.25) is 0 Å². The van der Waals surface area contributed by atoms with Crippen LogP contribution in [0.4, 0.5) is 0 Å². The van der Waals surface area contributed by atoms with E-state index in [2.05, 4.69) is 10.1 Å². The van der Waals surface area contributed by atoms with Crippen molar-refractivity contribution in [2.24, 2.45) is 7.05 Å². The lowest BCUT2D eigenvalue weighted by molar-refractivity contribution is 0.0645. The van der Waals surface area contributed by atoms with E-state index in [4.69, 9.17) is 9.15 Å². The van der Waals surface area contributed by atoms with Gasteiger partial charge in [0.1, 0.15) is 0 Å². The van der Waals surface area contributed by atoms with Crippen LogP contribution in [0.5, 0.6) is 0 Å². The molecule has 0 spiro atoms. The summed E-state index contributed by atoms with van der Waals surface area (Å²) in [6.07, 6.45) is 0. The van der Waals surface area contributed by atoms with Crippen molar-refractivity contribution in [2.45, 2.75) is 47.1 Å². The first-order chi connectivity index (χ1) is 11.8. The van der Waals surface area contributed by atoms with E-state index < -0.39 is 0 Å². The lowest BCUT2D eigenvalue weighted by Gasteiger charge is -2.22. The Morgan fingerprint density at radius 2 is 1.96 bits per heavy atom. The molecular weight excluding hydrogens is 320 g/mol. The molecule has 0 saturated carbocycles. The number of aryl methyl sites for hydroxylation is 3. The molecule has 0 aliphatic heterocycles. The summed E-state index contributed by atoms with van der Waals surface area (Å²) >= 11 is 0. The van der Waals surface area contributed by atoms with Crippen molar-refractivity contribution in [1.82, 2.24) is 19.7 Å². The lowest BCUT2D eigenvalue weighted by Crippen LogP contribution is -2.34. The van der Waals surface area contributed by atoms with Crippen LogP contribution in [0.3, 0.4) is 0 Å². The Hall–Kier alpha value is -2.15. The summed E-state index contributed by atoms with van der Waals surface area (Å²) in [7, 11) is 3.53. The van der Waals surface area contributed by atoms with Crippen LogP contribution in [0.15, 0.2) is 4.42 Å². The Morgan fingerprint density at radius 3 is 2.44 bits per heavy atom. The zero-order valence-electron chi connectivity index (χ0n) is 16.2. The molecule has 0 aliphatic rings. The minimum atomic E-state index is -0.170. The maximum Gasteiger partial charge on any atom is 0.291 e. The number of ether oxygens (including phenoxy) is 1. The number of amides is 1. The molecule has 0 aliphatic carbocycles. The molecule has 25 heavy (non-hydrogen) atoms. The van der Waals surface area contributed by atoms with Gasteiger partial charge < -0.3 is 14.1 Å². The second kappa shape index (κ2) is 7.82. The van der Waals surface area contributed by atoms with Gasteiger partial charge in [0.2, 0.25) is 5.76 Å². The number of aromatic nitrogens is 3. The predicted molar refractivity (Wildman–Crippen MR) is 94.6 cm³/mol. The van der Waals surface area contributed by atoms with Crippen molar-refractivity contribution in [2.75, 3.05) is 20.3 Å². The van der Waals surface area contributed by atoms with Gasteiger partial charge in [-0.1, -0.05) is 13.8 Å². The summed E-state index contributed by atoms with van der Waals surface area (Å²) in [5.41, 5.74) is 3.64. The number of carbonyl (C=O) groups is 1. The number of hydrogen-bond acceptors (Lipinski definition) is 5. The third kappa shape index (κ3) is 4.10. The predicted octanol–water partition coefficient (Wildman–Crippen LogP) is 2.75. The second-order valence-electron chi connectivity index (χ2n) is 6.61. The van der Waals surface area contributed by atoms with Crippen molar-refractivity contribution < 1.29 is 13.9 Å². The SMILES string of the molecule is COCCN(Cc1c(C)nn(C)c1C)C(=O)c1oc(C(C)C)nc1C. The maximum atomic E-state index is 13.1. The van der Waals surface area contributed by atoms with Gasteiger partial charge in [0, 0.05) is 44.4 Å². The molecule has 0 bridgehead atoms. The summed E-state index contributed by atoms with van der Waals surface area (Å²) < 4.78 is 12.7. The van der Waals surface area contributed by atoms with Crippen LogP contribution in [0.25, 0.3) is 0 Å². The highest BCUT2D eigenvalue weighted by atomic mass is 16.5. The van der Waals surface area contributed by atoms with Gasteiger partial charge in [-0.3, -0.25) is 9.48 Å². The number of rotatable bonds is 7. The van der Waals surface area contributed by atoms with E-state index >= 15 is 0 Å². The van der Waals surface area contributed by atoms with E-state index in [-0.39, 0.29) is 11.8 Å². The summed E-state index contributed by atoms with van der Waals surface area (Å²) in [6, 6.07) is 0. The van der Waals surface area contributed by atoms with E-state index in [0.717, 1.165) is 17.0 Å². The first-order valence-corrected chi connectivity index (χ1v) is 8.50. The Bertz CT molecular complexity index is 746. The Morgan fingerprint density at radius 1 is 1.28 bits per heavy atom. The fourth-order valence-electron chi connectivity index (χ4n) is 2.70. The van der Waals surface area contributed by atoms with Gasteiger partial charge in [-0.15, -0.1) is 0 Å². The number of methoxy groups -OCH3 is 1. The van der Waals surface area contributed by atoms with Crippen LogP contribution in [-0.4, -0.2) is 45.8 Å². The zero-order chi connectivity index (χ0) is 18.7. The van der Waals surface area contributed by atoms with Crippen LogP contribution >= 0.6 is 0 Å². The molecule has 138 valence electrons. The van der Waals surface area contributed by atoms with Crippen molar-refractivity contribution in [3.8, 4) is 0 Å². The molecule has 7 heteroatoms. The molecule has 0 atom stereocenters. The lowest BCUT2D eigenvalue weighted by atomic mass is 10.1. The van der Waals surface area contributed by atoms with E-state index in [9.17, 15) is 4.79 Å². The average Bonchev–Trinajstić information content (AvgIpc) is 3.05. The first-order valence-electron chi connectivity index (χ1n) is 8.50. The fraction of sp³-hybridized carbons (Fsp3) is 0.611. The highest BCUT2D eigenvalue weighted by molar-refractivity contribution is 5.92. The Balaban J connectivity index is 2.31. The second-order valence-corrected chi connectivity index (χ2v) is 6.61. The molecule has 2 aromatic rings. The number of hydrogen-bond donors (Lipinski definition) is 0. The third-order valence-electron chi connectivity index (χ3n) is 4.36. The molecule has 7 nitrogen and oxygen atoms in total. The molecule has 2 aromatic heterocycles.